The minimum atomic E-state index is -0.617. The van der Waals surface area contributed by atoms with Crippen LogP contribution >= 0.6 is 23.4 Å². The van der Waals surface area contributed by atoms with Crippen molar-refractivity contribution in [2.75, 3.05) is 43.9 Å². The molecule has 0 saturated carbocycles. The van der Waals surface area contributed by atoms with Crippen LogP contribution in [0.4, 0.5) is 10.5 Å². The Morgan fingerprint density at radius 2 is 1.92 bits per heavy atom. The first-order valence-electron chi connectivity index (χ1n) is 12.0. The van der Waals surface area contributed by atoms with Gasteiger partial charge in [-0.25, -0.2) is 4.79 Å². The number of amides is 1. The topological polar surface area (TPSA) is 79.5 Å². The Balaban J connectivity index is 1.22. The standard InChI is InChI=1S/C27H29ClN4O3S/c28-22-4-7-24(8-5-22)32-12-10-25(20-32)35-27(33)30-23-6-9-26(21(18-23)19-29)36-17-3-1-2-11-31-13-15-34-16-14-31/h4-10,12,18,20H,1-3,11,13-17H2,(H,30,33). The largest absolute Gasteiger partial charge is 0.417 e. The van der Waals surface area contributed by atoms with E-state index in [0.29, 0.717) is 22.0 Å². The first kappa shape index (κ1) is 26.1. The Hall–Kier alpha value is -2.96. The molecule has 7 nitrogen and oxygen atoms in total. The normalized spacial score (nSPS) is 13.8. The zero-order chi connectivity index (χ0) is 25.2. The molecule has 9 heteroatoms. The van der Waals surface area contributed by atoms with Crippen LogP contribution in [-0.2, 0) is 4.74 Å². The molecule has 2 heterocycles. The van der Waals surface area contributed by atoms with Crippen LogP contribution < -0.4 is 10.1 Å². The molecule has 1 saturated heterocycles. The monoisotopic (exact) mass is 524 g/mol. The van der Waals surface area contributed by atoms with E-state index >= 15 is 0 Å². The second-order valence-electron chi connectivity index (χ2n) is 8.43. The highest BCUT2D eigenvalue weighted by Crippen LogP contribution is 2.27. The lowest BCUT2D eigenvalue weighted by Crippen LogP contribution is -2.36. The van der Waals surface area contributed by atoms with Gasteiger partial charge in [0.1, 0.15) is 6.07 Å². The number of carbonyl (C=O) groups is 1. The molecule has 0 atom stereocenters. The van der Waals surface area contributed by atoms with Crippen molar-refractivity contribution in [1.82, 2.24) is 9.47 Å². The summed E-state index contributed by atoms with van der Waals surface area (Å²) in [5.41, 5.74) is 1.96. The van der Waals surface area contributed by atoms with Gasteiger partial charge in [-0.3, -0.25) is 10.2 Å². The van der Waals surface area contributed by atoms with Crippen molar-refractivity contribution < 1.29 is 14.3 Å². The number of anilines is 1. The van der Waals surface area contributed by atoms with E-state index in [9.17, 15) is 10.1 Å². The van der Waals surface area contributed by atoms with Gasteiger partial charge in [0, 0.05) is 40.6 Å². The first-order valence-corrected chi connectivity index (χ1v) is 13.4. The minimum Gasteiger partial charge on any atom is -0.408 e. The van der Waals surface area contributed by atoms with E-state index in [1.54, 1.807) is 54.5 Å². The molecule has 0 spiro atoms. The summed E-state index contributed by atoms with van der Waals surface area (Å²) in [5.74, 6) is 1.36. The van der Waals surface area contributed by atoms with Crippen molar-refractivity contribution in [3.63, 3.8) is 0 Å². The number of unbranched alkanes of at least 4 members (excludes halogenated alkanes) is 2. The van der Waals surface area contributed by atoms with E-state index in [1.807, 2.05) is 22.8 Å². The molecule has 0 unspecified atom stereocenters. The van der Waals surface area contributed by atoms with Gasteiger partial charge in [0.25, 0.3) is 0 Å². The third-order valence-corrected chi connectivity index (χ3v) is 7.24. The maximum absolute atomic E-state index is 12.4. The van der Waals surface area contributed by atoms with Crippen LogP contribution in [0.25, 0.3) is 5.69 Å². The van der Waals surface area contributed by atoms with Gasteiger partial charge in [0.05, 0.1) is 25.0 Å². The summed E-state index contributed by atoms with van der Waals surface area (Å²) in [6, 6.07) is 16.6. The molecule has 1 amide bonds. The molecule has 0 radical (unpaired) electrons. The Kier molecular flexibility index (Phi) is 9.70. The van der Waals surface area contributed by atoms with E-state index in [0.717, 1.165) is 62.0 Å². The van der Waals surface area contributed by atoms with Crippen LogP contribution in [0.3, 0.4) is 0 Å². The predicted octanol–water partition coefficient (Wildman–Crippen LogP) is 6.21. The predicted molar refractivity (Wildman–Crippen MR) is 143 cm³/mol. The molecule has 1 aromatic heterocycles. The molecule has 1 N–H and O–H groups in total. The fourth-order valence-corrected chi connectivity index (χ4v) is 5.02. The average Bonchev–Trinajstić information content (AvgIpc) is 3.36. The van der Waals surface area contributed by atoms with Crippen molar-refractivity contribution in [3.05, 3.63) is 71.5 Å². The first-order chi connectivity index (χ1) is 17.6. The maximum atomic E-state index is 12.4. The number of morpholine rings is 1. The summed E-state index contributed by atoms with van der Waals surface area (Å²) in [6.07, 6.45) is 6.34. The molecule has 0 aliphatic carbocycles. The van der Waals surface area contributed by atoms with Gasteiger partial charge in [-0.2, -0.15) is 5.26 Å². The van der Waals surface area contributed by atoms with Crippen molar-refractivity contribution >= 4 is 35.1 Å². The van der Waals surface area contributed by atoms with E-state index in [4.69, 9.17) is 21.1 Å². The zero-order valence-corrected chi connectivity index (χ0v) is 21.6. The molecular formula is C27H29ClN4O3S. The lowest BCUT2D eigenvalue weighted by atomic mass is 10.2. The molecule has 1 aliphatic heterocycles. The number of halogens is 1. The van der Waals surface area contributed by atoms with E-state index in [-0.39, 0.29) is 0 Å². The van der Waals surface area contributed by atoms with Crippen LogP contribution in [0.5, 0.6) is 5.75 Å². The highest BCUT2D eigenvalue weighted by molar-refractivity contribution is 7.99. The van der Waals surface area contributed by atoms with E-state index < -0.39 is 6.09 Å². The quantitative estimate of drug-likeness (QED) is 0.251. The second kappa shape index (κ2) is 13.4. The Morgan fingerprint density at radius 3 is 2.69 bits per heavy atom. The molecule has 188 valence electrons. The Bertz CT molecular complexity index is 1190. The van der Waals surface area contributed by atoms with Crippen molar-refractivity contribution in [2.45, 2.75) is 24.2 Å². The maximum Gasteiger partial charge on any atom is 0.417 e. The van der Waals surface area contributed by atoms with Gasteiger partial charge >= 0.3 is 6.09 Å². The third kappa shape index (κ3) is 7.77. The van der Waals surface area contributed by atoms with Crippen LogP contribution in [0.2, 0.25) is 5.02 Å². The number of hydrogen-bond acceptors (Lipinski definition) is 6. The van der Waals surface area contributed by atoms with Gasteiger partial charge in [-0.05, 0) is 73.7 Å². The number of hydrogen-bond donors (Lipinski definition) is 1. The summed E-state index contributed by atoms with van der Waals surface area (Å²) in [5, 5.41) is 12.9. The van der Waals surface area contributed by atoms with Crippen LogP contribution in [-0.4, -0.2) is 54.2 Å². The van der Waals surface area contributed by atoms with Gasteiger partial charge in [-0.15, -0.1) is 11.8 Å². The van der Waals surface area contributed by atoms with Crippen molar-refractivity contribution in [3.8, 4) is 17.5 Å². The average molecular weight is 525 g/mol. The van der Waals surface area contributed by atoms with Crippen LogP contribution in [0.15, 0.2) is 65.8 Å². The molecule has 3 aromatic rings. The molecular weight excluding hydrogens is 496 g/mol. The summed E-state index contributed by atoms with van der Waals surface area (Å²) in [6.45, 7) is 4.87. The molecule has 36 heavy (non-hydrogen) atoms. The van der Waals surface area contributed by atoms with Gasteiger partial charge < -0.3 is 14.0 Å². The number of aromatic nitrogens is 1. The highest BCUT2D eigenvalue weighted by Gasteiger charge is 2.11. The second-order valence-corrected chi connectivity index (χ2v) is 10.0. The van der Waals surface area contributed by atoms with E-state index in [1.165, 1.54) is 6.42 Å². The lowest BCUT2D eigenvalue weighted by Gasteiger charge is -2.26. The number of thioether (sulfide) groups is 1. The Morgan fingerprint density at radius 1 is 1.11 bits per heavy atom. The number of ether oxygens (including phenoxy) is 2. The SMILES string of the molecule is N#Cc1cc(NC(=O)Oc2ccn(-c3ccc(Cl)cc3)c2)ccc1SCCCCCN1CCOCC1. The lowest BCUT2D eigenvalue weighted by molar-refractivity contribution is 0.0372. The molecule has 1 fully saturated rings. The highest BCUT2D eigenvalue weighted by atomic mass is 35.5. The zero-order valence-electron chi connectivity index (χ0n) is 20.0. The van der Waals surface area contributed by atoms with Gasteiger partial charge in [0.2, 0.25) is 0 Å². The van der Waals surface area contributed by atoms with Crippen LogP contribution in [0.1, 0.15) is 24.8 Å². The molecule has 1 aliphatic rings. The number of nitrogens with one attached hydrogen (secondary N) is 1. The number of nitrogens with zero attached hydrogens (tertiary/aromatic N) is 3. The number of carbonyl (C=O) groups excluding carboxylic acids is 1. The third-order valence-electron chi connectivity index (χ3n) is 5.83. The number of nitriles is 1. The summed E-state index contributed by atoms with van der Waals surface area (Å²) < 4.78 is 12.6. The number of benzene rings is 2. The molecule has 0 bridgehead atoms. The molecule has 2 aromatic carbocycles. The van der Waals surface area contributed by atoms with Crippen LogP contribution in [0, 0.1) is 11.3 Å². The minimum absolute atomic E-state index is 0.406. The smallest absolute Gasteiger partial charge is 0.408 e. The fraction of sp³-hybridized carbons (Fsp3) is 0.333. The summed E-state index contributed by atoms with van der Waals surface area (Å²) in [4.78, 5) is 15.8. The summed E-state index contributed by atoms with van der Waals surface area (Å²) in [7, 11) is 0. The fourth-order valence-electron chi connectivity index (χ4n) is 3.90. The molecule has 4 rings (SSSR count). The van der Waals surface area contributed by atoms with Gasteiger partial charge in [0.15, 0.2) is 5.75 Å². The van der Waals surface area contributed by atoms with E-state index in [2.05, 4.69) is 16.3 Å². The van der Waals surface area contributed by atoms with Crippen molar-refractivity contribution in [1.29, 1.82) is 5.26 Å². The number of rotatable bonds is 10. The Labute approximate surface area is 220 Å². The summed E-state index contributed by atoms with van der Waals surface area (Å²) >= 11 is 7.61. The van der Waals surface area contributed by atoms with Crippen molar-refractivity contribution in [2.24, 2.45) is 0 Å². The van der Waals surface area contributed by atoms with Gasteiger partial charge in [-0.1, -0.05) is 18.0 Å².